The molecule has 5 atom stereocenters. The summed E-state index contributed by atoms with van der Waals surface area (Å²) in [5, 5.41) is 18.2. The van der Waals surface area contributed by atoms with E-state index in [0.29, 0.717) is 36.1 Å². The smallest absolute Gasteiger partial charge is 0.245 e. The SMILES string of the molecule is CNC(=O)C12CC3CC(C1)CC(C(=O)N1CC(O)CC1C(=O)NC(Cc1c[nH]c4ccccc14)C(=O)N(C)Cc1ccccc1Cl)(C3)C2. The Labute approximate surface area is 285 Å². The van der Waals surface area contributed by atoms with Crippen LogP contribution in [0.4, 0.5) is 0 Å². The van der Waals surface area contributed by atoms with Crippen molar-refractivity contribution in [2.75, 3.05) is 20.6 Å². The lowest BCUT2D eigenvalue weighted by atomic mass is 9.43. The number of likely N-dealkylation sites (N-methyl/N-ethyl adjacent to an activating group) is 1. The van der Waals surface area contributed by atoms with Gasteiger partial charge >= 0.3 is 0 Å². The average molecular weight is 674 g/mol. The molecule has 254 valence electrons. The summed E-state index contributed by atoms with van der Waals surface area (Å²) in [6.45, 7) is 0.303. The van der Waals surface area contributed by atoms with E-state index >= 15 is 0 Å². The van der Waals surface area contributed by atoms with Crippen molar-refractivity contribution in [3.63, 3.8) is 0 Å². The first-order valence-corrected chi connectivity index (χ1v) is 17.4. The Balaban J connectivity index is 1.14. The summed E-state index contributed by atoms with van der Waals surface area (Å²) < 4.78 is 0. The Morgan fingerprint density at radius 2 is 1.69 bits per heavy atom. The van der Waals surface area contributed by atoms with Crippen LogP contribution in [0.5, 0.6) is 0 Å². The van der Waals surface area contributed by atoms with E-state index in [1.54, 1.807) is 30.0 Å². The van der Waals surface area contributed by atoms with E-state index < -0.39 is 34.9 Å². The highest BCUT2D eigenvalue weighted by molar-refractivity contribution is 6.31. The number of fused-ring (bicyclic) bond motifs is 1. The second kappa shape index (κ2) is 12.5. The third kappa shape index (κ3) is 5.76. The van der Waals surface area contributed by atoms with Crippen molar-refractivity contribution < 1.29 is 24.3 Å². The number of rotatable bonds is 9. The number of hydrogen-bond acceptors (Lipinski definition) is 5. The van der Waals surface area contributed by atoms with Crippen LogP contribution in [0.25, 0.3) is 10.9 Å². The second-order valence-electron chi connectivity index (χ2n) is 14.9. The van der Waals surface area contributed by atoms with E-state index in [2.05, 4.69) is 15.6 Å². The minimum Gasteiger partial charge on any atom is -0.391 e. The van der Waals surface area contributed by atoms with Gasteiger partial charge in [-0.2, -0.15) is 0 Å². The third-order valence-electron chi connectivity index (χ3n) is 11.5. The lowest BCUT2D eigenvalue weighted by molar-refractivity contribution is -0.175. The molecule has 2 heterocycles. The Kier molecular flexibility index (Phi) is 8.52. The van der Waals surface area contributed by atoms with Crippen LogP contribution in [-0.4, -0.2) is 82.3 Å². The summed E-state index contributed by atoms with van der Waals surface area (Å²) in [6.07, 6.45) is 5.81. The van der Waals surface area contributed by atoms with Crippen molar-refractivity contribution in [2.45, 2.75) is 76.1 Å². The number of aromatic nitrogens is 1. The second-order valence-corrected chi connectivity index (χ2v) is 15.3. The zero-order valence-corrected chi connectivity index (χ0v) is 28.3. The summed E-state index contributed by atoms with van der Waals surface area (Å²) in [7, 11) is 3.34. The molecule has 4 saturated carbocycles. The van der Waals surface area contributed by atoms with Gasteiger partial charge in [-0.1, -0.05) is 48.0 Å². The molecule has 0 spiro atoms. The number of para-hydroxylation sites is 1. The van der Waals surface area contributed by atoms with E-state index in [0.717, 1.165) is 41.3 Å². The predicted octanol–water partition coefficient (Wildman–Crippen LogP) is 3.80. The van der Waals surface area contributed by atoms with Crippen LogP contribution < -0.4 is 10.6 Å². The molecule has 0 radical (unpaired) electrons. The molecule has 2 aromatic carbocycles. The first kappa shape index (κ1) is 32.6. The molecule has 5 fully saturated rings. The number of aromatic amines is 1. The predicted molar refractivity (Wildman–Crippen MR) is 182 cm³/mol. The van der Waals surface area contributed by atoms with Gasteiger partial charge in [0.2, 0.25) is 23.6 Å². The fourth-order valence-electron chi connectivity index (χ4n) is 9.85. The van der Waals surface area contributed by atoms with Gasteiger partial charge in [0.1, 0.15) is 12.1 Å². The standard InChI is InChI=1S/C37H44ClN5O5/c1-39-34(47)36-14-22-11-23(15-36)17-37(16-22,21-36)35(48)43-20-26(44)13-31(43)32(45)41-30(12-25-18-40-29-10-6-4-8-27(25)29)33(46)42(2)19-24-7-3-5-9-28(24)38/h3-10,18,22-23,26,30-31,40,44H,11-17,19-21H2,1-2H3,(H,39,47)(H,41,45). The molecule has 4 bridgehead atoms. The Morgan fingerprint density at radius 3 is 2.42 bits per heavy atom. The molecule has 4 amide bonds. The number of aliphatic hydroxyl groups is 1. The van der Waals surface area contributed by atoms with Crippen LogP contribution in [0, 0.1) is 22.7 Å². The number of nitrogens with one attached hydrogen (secondary N) is 3. The van der Waals surface area contributed by atoms with Gasteiger partial charge in [0.15, 0.2) is 0 Å². The number of amides is 4. The van der Waals surface area contributed by atoms with E-state index in [-0.39, 0.29) is 43.7 Å². The van der Waals surface area contributed by atoms with Crippen molar-refractivity contribution >= 4 is 46.1 Å². The van der Waals surface area contributed by atoms with Crippen LogP contribution >= 0.6 is 11.6 Å². The maximum Gasteiger partial charge on any atom is 0.245 e. The average Bonchev–Trinajstić information content (AvgIpc) is 3.67. The summed E-state index contributed by atoms with van der Waals surface area (Å²) in [5.41, 5.74) is 1.30. The van der Waals surface area contributed by atoms with Gasteiger partial charge in [-0.3, -0.25) is 19.2 Å². The molecule has 4 aliphatic carbocycles. The monoisotopic (exact) mass is 673 g/mol. The molecule has 4 N–H and O–H groups in total. The zero-order valence-electron chi connectivity index (χ0n) is 27.5. The molecule has 48 heavy (non-hydrogen) atoms. The van der Waals surface area contributed by atoms with Crippen LogP contribution in [0.15, 0.2) is 54.7 Å². The maximum atomic E-state index is 14.6. The van der Waals surface area contributed by atoms with Crippen LogP contribution in [0.1, 0.15) is 56.1 Å². The summed E-state index contributed by atoms with van der Waals surface area (Å²) in [5.74, 6) is -0.312. The van der Waals surface area contributed by atoms with Gasteiger partial charge in [-0.05, 0) is 73.6 Å². The number of carbonyl (C=O) groups excluding carboxylic acids is 4. The van der Waals surface area contributed by atoms with Crippen LogP contribution in [0.3, 0.4) is 0 Å². The van der Waals surface area contributed by atoms with E-state index in [1.165, 1.54) is 0 Å². The number of nitrogens with zero attached hydrogens (tertiary/aromatic N) is 2. The maximum absolute atomic E-state index is 14.6. The lowest BCUT2D eigenvalue weighted by Gasteiger charge is -2.61. The number of benzene rings is 2. The Morgan fingerprint density at radius 1 is 1.00 bits per heavy atom. The van der Waals surface area contributed by atoms with E-state index in [1.807, 2.05) is 48.7 Å². The molecule has 11 heteroatoms. The largest absolute Gasteiger partial charge is 0.391 e. The molecule has 8 rings (SSSR count). The highest BCUT2D eigenvalue weighted by Gasteiger charge is 2.64. The number of carbonyl (C=O) groups is 4. The topological polar surface area (TPSA) is 135 Å². The minimum absolute atomic E-state index is 0.00377. The highest BCUT2D eigenvalue weighted by atomic mass is 35.5. The first-order valence-electron chi connectivity index (χ1n) is 17.1. The Bertz CT molecular complexity index is 1740. The molecule has 1 aliphatic heterocycles. The van der Waals surface area contributed by atoms with Gasteiger partial charge < -0.3 is 30.5 Å². The fourth-order valence-corrected chi connectivity index (χ4v) is 10.0. The quantitative estimate of drug-likeness (QED) is 0.274. The van der Waals surface area contributed by atoms with Crippen LogP contribution in [-0.2, 0) is 32.1 Å². The number of likely N-dealkylation sites (tertiary alicyclic amines) is 1. The summed E-state index contributed by atoms with van der Waals surface area (Å²) in [6, 6.07) is 13.3. The van der Waals surface area contributed by atoms with Gasteiger partial charge in [0.05, 0.1) is 16.9 Å². The number of halogens is 1. The third-order valence-corrected chi connectivity index (χ3v) is 11.9. The molecular weight excluding hydrogens is 630 g/mol. The number of aliphatic hydroxyl groups excluding tert-OH is 1. The number of hydrogen-bond donors (Lipinski definition) is 4. The van der Waals surface area contributed by atoms with E-state index in [4.69, 9.17) is 11.6 Å². The van der Waals surface area contributed by atoms with Gasteiger partial charge in [0.25, 0.3) is 0 Å². The van der Waals surface area contributed by atoms with E-state index in [9.17, 15) is 24.3 Å². The molecule has 10 nitrogen and oxygen atoms in total. The molecule has 3 aromatic rings. The van der Waals surface area contributed by atoms with Crippen molar-refractivity contribution in [1.82, 2.24) is 25.4 Å². The van der Waals surface area contributed by atoms with Crippen LogP contribution in [0.2, 0.25) is 5.02 Å². The molecule has 1 aromatic heterocycles. The summed E-state index contributed by atoms with van der Waals surface area (Å²) in [4.78, 5) is 62.4. The molecule has 5 aliphatic rings. The summed E-state index contributed by atoms with van der Waals surface area (Å²) >= 11 is 6.41. The van der Waals surface area contributed by atoms with Gasteiger partial charge in [-0.25, -0.2) is 0 Å². The molecular formula is C37H44ClN5O5. The lowest BCUT2D eigenvalue weighted by Crippen LogP contribution is -2.63. The van der Waals surface area contributed by atoms with Crippen molar-refractivity contribution in [1.29, 1.82) is 0 Å². The van der Waals surface area contributed by atoms with Crippen molar-refractivity contribution in [2.24, 2.45) is 22.7 Å². The Hall–Kier alpha value is -3.89. The minimum atomic E-state index is -0.935. The van der Waals surface area contributed by atoms with Crippen molar-refractivity contribution in [3.05, 3.63) is 70.9 Å². The zero-order chi connectivity index (χ0) is 33.8. The molecule has 1 saturated heterocycles. The van der Waals surface area contributed by atoms with Gasteiger partial charge in [-0.15, -0.1) is 0 Å². The highest BCUT2D eigenvalue weighted by Crippen LogP contribution is 2.66. The first-order chi connectivity index (χ1) is 23.0. The fraction of sp³-hybridized carbons (Fsp3) is 0.514. The van der Waals surface area contributed by atoms with Crippen molar-refractivity contribution in [3.8, 4) is 0 Å². The normalized spacial score (nSPS) is 29.5. The number of β-amino-alcohol motifs (C(OH)–C–C–N with tert-alkyl or cyclic N) is 1. The molecule has 5 unspecified atom stereocenters. The number of H-pyrrole nitrogens is 1. The van der Waals surface area contributed by atoms with Gasteiger partial charge in [0, 0.05) is 62.1 Å².